The normalized spacial score (nSPS) is 18.9. The number of rotatable bonds is 1. The summed E-state index contributed by atoms with van der Waals surface area (Å²) in [6.07, 6.45) is 0.805. The van der Waals surface area contributed by atoms with Gasteiger partial charge in [0.15, 0.2) is 0 Å². The summed E-state index contributed by atoms with van der Waals surface area (Å²) in [5, 5.41) is 0. The molecule has 1 aromatic carbocycles. The number of nitrogens with zero attached hydrogens (tertiary/aromatic N) is 2. The lowest BCUT2D eigenvalue weighted by Gasteiger charge is -2.39. The van der Waals surface area contributed by atoms with Crippen LogP contribution in [0.2, 0.25) is 0 Å². The van der Waals surface area contributed by atoms with Gasteiger partial charge in [-0.05, 0) is 25.1 Å². The number of carbonyl (C=O) groups excluding carboxylic acids is 2. The van der Waals surface area contributed by atoms with Gasteiger partial charge in [-0.1, -0.05) is 15.9 Å². The van der Waals surface area contributed by atoms with Gasteiger partial charge in [-0.25, -0.2) is 0 Å². The molecule has 0 N–H and O–H groups in total. The highest BCUT2D eigenvalue weighted by Gasteiger charge is 2.30. The number of hydrogen-bond acceptors (Lipinski definition) is 2. The van der Waals surface area contributed by atoms with Crippen LogP contribution in [0.15, 0.2) is 22.7 Å². The summed E-state index contributed by atoms with van der Waals surface area (Å²) >= 11 is 3.37. The molecule has 0 radical (unpaired) electrons. The van der Waals surface area contributed by atoms with Crippen molar-refractivity contribution < 1.29 is 9.59 Å². The van der Waals surface area contributed by atoms with Crippen molar-refractivity contribution in [3.05, 3.63) is 22.7 Å². The number of hydrogen-bond donors (Lipinski definition) is 0. The molecule has 0 saturated carbocycles. The van der Waals surface area contributed by atoms with Crippen LogP contribution < -0.4 is 9.80 Å². The van der Waals surface area contributed by atoms with E-state index in [-0.39, 0.29) is 11.9 Å². The molecule has 0 saturated heterocycles. The van der Waals surface area contributed by atoms with E-state index >= 15 is 0 Å². The molecule has 0 fully saturated rings. The molecular weight excluding hydrogens is 284 g/mol. The molecule has 1 unspecified atom stereocenters. The quantitative estimate of drug-likeness (QED) is 0.745. The molecule has 1 atom stereocenters. The average molecular weight is 297 g/mol. The molecule has 1 aromatic rings. The first-order valence-corrected chi connectivity index (χ1v) is 6.15. The lowest BCUT2D eigenvalue weighted by molar-refractivity contribution is -0.117. The Labute approximate surface area is 108 Å². The number of halogens is 1. The van der Waals surface area contributed by atoms with Crippen molar-refractivity contribution in [2.24, 2.45) is 0 Å². The summed E-state index contributed by atoms with van der Waals surface area (Å²) in [5.74, 6) is -0.00776. The van der Waals surface area contributed by atoms with Crippen LogP contribution >= 0.6 is 15.9 Å². The van der Waals surface area contributed by atoms with Crippen molar-refractivity contribution in [3.63, 3.8) is 0 Å². The molecule has 4 nitrogen and oxygen atoms in total. The van der Waals surface area contributed by atoms with Crippen LogP contribution in [-0.2, 0) is 9.59 Å². The molecule has 0 spiro atoms. The summed E-state index contributed by atoms with van der Waals surface area (Å²) < 4.78 is 0.890. The van der Waals surface area contributed by atoms with Crippen LogP contribution in [0.3, 0.4) is 0 Å². The fourth-order valence-electron chi connectivity index (χ4n) is 2.21. The summed E-state index contributed by atoms with van der Waals surface area (Å²) in [6, 6.07) is 5.57. The topological polar surface area (TPSA) is 40.6 Å². The van der Waals surface area contributed by atoms with Gasteiger partial charge in [0, 0.05) is 17.9 Å². The van der Waals surface area contributed by atoms with Gasteiger partial charge in [0.1, 0.15) is 0 Å². The Kier molecular flexibility index (Phi) is 3.19. The van der Waals surface area contributed by atoms with Gasteiger partial charge >= 0.3 is 0 Å². The van der Waals surface area contributed by atoms with Crippen LogP contribution in [0.5, 0.6) is 0 Å². The minimum atomic E-state index is -0.00799. The molecule has 0 aromatic heterocycles. The molecule has 2 rings (SSSR count). The van der Waals surface area contributed by atoms with Gasteiger partial charge in [-0.2, -0.15) is 0 Å². The summed E-state index contributed by atoms with van der Waals surface area (Å²) in [4.78, 5) is 26.1. The monoisotopic (exact) mass is 296 g/mol. The Bertz CT molecular complexity index is 476. The van der Waals surface area contributed by atoms with Gasteiger partial charge in [0.05, 0.1) is 17.4 Å². The molecule has 90 valence electrons. The smallest absolute Gasteiger partial charge is 0.224 e. The maximum atomic E-state index is 11.7. The zero-order valence-electron chi connectivity index (χ0n) is 9.68. The maximum absolute atomic E-state index is 11.7. The van der Waals surface area contributed by atoms with Gasteiger partial charge < -0.3 is 9.80 Å². The largest absolute Gasteiger partial charge is 0.311 e. The van der Waals surface area contributed by atoms with Gasteiger partial charge in [-0.15, -0.1) is 0 Å². The molecule has 1 aliphatic heterocycles. The van der Waals surface area contributed by atoms with Gasteiger partial charge in [0.2, 0.25) is 12.3 Å². The number of carbonyl (C=O) groups is 2. The maximum Gasteiger partial charge on any atom is 0.224 e. The third-order valence-electron chi connectivity index (χ3n) is 2.87. The average Bonchev–Trinajstić information content (AvgIpc) is 2.27. The third-order valence-corrected chi connectivity index (χ3v) is 3.37. The van der Waals surface area contributed by atoms with E-state index in [0.717, 1.165) is 22.3 Å². The van der Waals surface area contributed by atoms with Crippen molar-refractivity contribution in [1.29, 1.82) is 0 Å². The highest BCUT2D eigenvalue weighted by atomic mass is 79.9. The minimum Gasteiger partial charge on any atom is -0.311 e. The molecule has 2 amide bonds. The number of fused-ring (bicyclic) bond motifs is 1. The van der Waals surface area contributed by atoms with Crippen LogP contribution in [0.1, 0.15) is 13.8 Å². The number of amides is 2. The van der Waals surface area contributed by atoms with Crippen molar-refractivity contribution >= 4 is 39.6 Å². The molecule has 1 heterocycles. The van der Waals surface area contributed by atoms with Crippen molar-refractivity contribution in [1.82, 2.24) is 0 Å². The van der Waals surface area contributed by atoms with E-state index in [2.05, 4.69) is 15.9 Å². The number of benzene rings is 1. The second-order valence-corrected chi connectivity index (χ2v) is 5.04. The third kappa shape index (κ3) is 2.07. The Morgan fingerprint density at radius 2 is 2.18 bits per heavy atom. The summed E-state index contributed by atoms with van der Waals surface area (Å²) in [7, 11) is 0. The zero-order valence-corrected chi connectivity index (χ0v) is 11.3. The Hall–Kier alpha value is -1.36. The van der Waals surface area contributed by atoms with Crippen LogP contribution in [-0.4, -0.2) is 24.9 Å². The highest BCUT2D eigenvalue weighted by Crippen LogP contribution is 2.36. The standard InChI is InChI=1S/C12H13BrN2O2/c1-8-6-14(7-16)12-5-10(13)3-4-11(12)15(8)9(2)17/h3-5,7-8H,6H2,1-2H3. The molecule has 1 aliphatic rings. The van der Waals surface area contributed by atoms with Crippen molar-refractivity contribution in [2.75, 3.05) is 16.3 Å². The van der Waals surface area contributed by atoms with Crippen molar-refractivity contribution in [3.8, 4) is 0 Å². The fourth-order valence-corrected chi connectivity index (χ4v) is 2.56. The van der Waals surface area contributed by atoms with Gasteiger partial charge in [-0.3, -0.25) is 9.59 Å². The van der Waals surface area contributed by atoms with Gasteiger partial charge in [0.25, 0.3) is 0 Å². The summed E-state index contributed by atoms with van der Waals surface area (Å²) in [6.45, 7) is 3.99. The van der Waals surface area contributed by atoms with E-state index in [1.165, 1.54) is 0 Å². The predicted octanol–water partition coefficient (Wildman–Crippen LogP) is 2.17. The molecule has 5 heteroatoms. The Morgan fingerprint density at radius 1 is 1.47 bits per heavy atom. The molecular formula is C12H13BrN2O2. The van der Waals surface area contributed by atoms with E-state index in [4.69, 9.17) is 0 Å². The SMILES string of the molecule is CC(=O)N1c2ccc(Br)cc2N(C=O)CC1C. The fraction of sp³-hybridized carbons (Fsp3) is 0.333. The van der Waals surface area contributed by atoms with E-state index in [9.17, 15) is 9.59 Å². The lowest BCUT2D eigenvalue weighted by Crippen LogP contribution is -2.49. The first-order chi connectivity index (χ1) is 8.04. The Morgan fingerprint density at radius 3 is 2.76 bits per heavy atom. The predicted molar refractivity (Wildman–Crippen MR) is 70.2 cm³/mol. The lowest BCUT2D eigenvalue weighted by atomic mass is 10.1. The van der Waals surface area contributed by atoms with Crippen molar-refractivity contribution in [2.45, 2.75) is 19.9 Å². The zero-order chi connectivity index (χ0) is 12.6. The minimum absolute atomic E-state index is 0.00776. The van der Waals surface area contributed by atoms with Crippen LogP contribution in [0.25, 0.3) is 0 Å². The van der Waals surface area contributed by atoms with Crippen LogP contribution in [0.4, 0.5) is 11.4 Å². The second-order valence-electron chi connectivity index (χ2n) is 4.13. The van der Waals surface area contributed by atoms with E-state index in [0.29, 0.717) is 6.54 Å². The molecule has 0 bridgehead atoms. The van der Waals surface area contributed by atoms with E-state index in [1.54, 1.807) is 16.7 Å². The second kappa shape index (κ2) is 4.49. The molecule has 17 heavy (non-hydrogen) atoms. The van der Waals surface area contributed by atoms with Crippen LogP contribution in [0, 0.1) is 0 Å². The van der Waals surface area contributed by atoms with E-state index in [1.807, 2.05) is 25.1 Å². The first kappa shape index (κ1) is 12.1. The first-order valence-electron chi connectivity index (χ1n) is 5.36. The summed E-state index contributed by atoms with van der Waals surface area (Å²) in [5.41, 5.74) is 1.55. The van der Waals surface area contributed by atoms with E-state index < -0.39 is 0 Å². The number of anilines is 2. The molecule has 0 aliphatic carbocycles. The highest BCUT2D eigenvalue weighted by molar-refractivity contribution is 9.10. The Balaban J connectivity index is 2.57.